The molecule has 0 saturated carbocycles. The van der Waals surface area contributed by atoms with Gasteiger partial charge < -0.3 is 22.0 Å². The van der Waals surface area contributed by atoms with Gasteiger partial charge in [0.05, 0.1) is 0 Å². The van der Waals surface area contributed by atoms with Crippen LogP contribution in [0.15, 0.2) is 29.4 Å². The fraction of sp³-hybridized carbons (Fsp3) is 0.533. The summed E-state index contributed by atoms with van der Waals surface area (Å²) in [5.41, 5.74) is 4.06. The summed E-state index contributed by atoms with van der Waals surface area (Å²) in [5.74, 6) is 0.789. The lowest BCUT2D eigenvalue weighted by atomic mass is 10.2. The molecule has 1 aromatic carbocycles. The van der Waals surface area contributed by atoms with Crippen LogP contribution in [0.5, 0.6) is 0 Å². The van der Waals surface area contributed by atoms with Gasteiger partial charge in [-0.25, -0.2) is 0 Å². The van der Waals surface area contributed by atoms with Gasteiger partial charge in [0.2, 0.25) is 12.1 Å². The van der Waals surface area contributed by atoms with E-state index < -0.39 is 0 Å². The van der Waals surface area contributed by atoms with Gasteiger partial charge >= 0.3 is 0 Å². The molecule has 6 heteroatoms. The Labute approximate surface area is 137 Å². The summed E-state index contributed by atoms with van der Waals surface area (Å²) >= 11 is 5.88. The molecule has 0 aliphatic carbocycles. The van der Waals surface area contributed by atoms with Crippen molar-refractivity contribution in [3.05, 3.63) is 34.9 Å². The highest BCUT2D eigenvalue weighted by atomic mass is 35.5. The maximum absolute atomic E-state index is 5.88. The van der Waals surface area contributed by atoms with Gasteiger partial charge in [0.15, 0.2) is 0 Å². The van der Waals surface area contributed by atoms with E-state index >= 15 is 0 Å². The van der Waals surface area contributed by atoms with Gasteiger partial charge in [-0.1, -0.05) is 37.6 Å². The van der Waals surface area contributed by atoms with Crippen LogP contribution in [0.3, 0.4) is 0 Å². The van der Waals surface area contributed by atoms with Crippen molar-refractivity contribution in [1.29, 1.82) is 0 Å². The summed E-state index contributed by atoms with van der Waals surface area (Å²) in [5, 5.41) is 4.99. The molecule has 1 aliphatic heterocycles. The minimum Gasteiger partial charge on any atom is -1.00 e. The molecule has 0 amide bonds. The first-order valence-electron chi connectivity index (χ1n) is 7.19. The van der Waals surface area contributed by atoms with E-state index in [0.717, 1.165) is 49.0 Å². The summed E-state index contributed by atoms with van der Waals surface area (Å²) in [7, 11) is 0. The predicted octanol–water partition coefficient (Wildman–Crippen LogP) is 0.398. The zero-order valence-corrected chi connectivity index (χ0v) is 14.0. The van der Waals surface area contributed by atoms with Crippen molar-refractivity contribution in [2.75, 3.05) is 19.6 Å². The monoisotopic (exact) mass is 330 g/mol. The van der Waals surface area contributed by atoms with Crippen molar-refractivity contribution in [3.8, 4) is 0 Å². The fourth-order valence-corrected chi connectivity index (χ4v) is 2.33. The first kappa shape index (κ1) is 18.1. The highest BCUT2D eigenvalue weighted by Crippen LogP contribution is 2.22. The van der Waals surface area contributed by atoms with Crippen LogP contribution >= 0.6 is 11.6 Å². The second-order valence-electron chi connectivity index (χ2n) is 4.81. The van der Waals surface area contributed by atoms with Crippen LogP contribution in [0.25, 0.3) is 0 Å². The Morgan fingerprint density at radius 1 is 1.24 bits per heavy atom. The highest BCUT2D eigenvalue weighted by Gasteiger charge is 2.20. The number of hydrogen-bond acceptors (Lipinski definition) is 4. The molecule has 0 radical (unpaired) electrons. The molecule has 118 valence electrons. The number of hydrogen-bond donors (Lipinski definition) is 1. The van der Waals surface area contributed by atoms with Crippen LogP contribution < -0.4 is 17.8 Å². The van der Waals surface area contributed by atoms with E-state index in [0.29, 0.717) is 0 Å². The number of ether oxygens (including phenoxy) is 1. The Kier molecular flexibility index (Phi) is 7.86. The van der Waals surface area contributed by atoms with E-state index in [1.807, 2.05) is 24.3 Å². The number of hydrazone groups is 1. The van der Waals surface area contributed by atoms with E-state index in [9.17, 15) is 0 Å². The Morgan fingerprint density at radius 3 is 2.52 bits per heavy atom. The smallest absolute Gasteiger partial charge is 0.212 e. The third kappa shape index (κ3) is 5.38. The lowest BCUT2D eigenvalue weighted by Crippen LogP contribution is -3.00. The van der Waals surface area contributed by atoms with Gasteiger partial charge in [0, 0.05) is 17.0 Å². The van der Waals surface area contributed by atoms with Gasteiger partial charge in [-0.05, 0) is 38.2 Å². The largest absolute Gasteiger partial charge is 1.00 e. The SMILES string of the molecule is CCN(CC)CCCC1=NNC(c2ccc(Cl)cc2)O1.[Cl-]. The van der Waals surface area contributed by atoms with E-state index in [1.54, 1.807) is 0 Å². The fourth-order valence-electron chi connectivity index (χ4n) is 2.21. The molecule has 0 spiro atoms. The van der Waals surface area contributed by atoms with E-state index in [-0.39, 0.29) is 18.6 Å². The third-order valence-corrected chi connectivity index (χ3v) is 3.74. The second-order valence-corrected chi connectivity index (χ2v) is 5.25. The average molecular weight is 331 g/mol. The van der Waals surface area contributed by atoms with Crippen LogP contribution in [0, 0.1) is 0 Å². The Morgan fingerprint density at radius 2 is 1.90 bits per heavy atom. The topological polar surface area (TPSA) is 36.9 Å². The lowest BCUT2D eigenvalue weighted by Gasteiger charge is -2.17. The zero-order valence-electron chi connectivity index (χ0n) is 12.5. The van der Waals surface area contributed by atoms with E-state index in [1.165, 1.54) is 0 Å². The number of halogens is 2. The summed E-state index contributed by atoms with van der Waals surface area (Å²) in [6, 6.07) is 7.63. The predicted molar refractivity (Wildman–Crippen MR) is 82.9 cm³/mol. The van der Waals surface area contributed by atoms with Gasteiger partial charge in [0.1, 0.15) is 0 Å². The molecule has 1 unspecified atom stereocenters. The van der Waals surface area contributed by atoms with Crippen molar-refractivity contribution in [3.63, 3.8) is 0 Å². The molecule has 1 aromatic rings. The summed E-state index contributed by atoms with van der Waals surface area (Å²) in [6.07, 6.45) is 1.75. The van der Waals surface area contributed by atoms with Crippen LogP contribution in [0.2, 0.25) is 5.02 Å². The molecule has 1 atom stereocenters. The molecular formula is C15H22Cl2N3O-. The minimum absolute atomic E-state index is 0. The average Bonchev–Trinajstić information content (AvgIpc) is 2.93. The van der Waals surface area contributed by atoms with Crippen molar-refractivity contribution >= 4 is 17.5 Å². The van der Waals surface area contributed by atoms with Crippen LogP contribution in [0.4, 0.5) is 0 Å². The van der Waals surface area contributed by atoms with Crippen molar-refractivity contribution in [2.24, 2.45) is 5.10 Å². The number of nitrogens with one attached hydrogen (secondary N) is 1. The Balaban J connectivity index is 0.00000220. The number of nitrogens with zero attached hydrogens (tertiary/aromatic N) is 2. The Hall–Kier alpha value is -0.970. The Bertz CT molecular complexity index is 447. The molecule has 0 aromatic heterocycles. The third-order valence-electron chi connectivity index (χ3n) is 3.49. The maximum atomic E-state index is 5.88. The van der Waals surface area contributed by atoms with Crippen LogP contribution in [-0.4, -0.2) is 30.4 Å². The van der Waals surface area contributed by atoms with Crippen molar-refractivity contribution < 1.29 is 17.1 Å². The molecule has 4 nitrogen and oxygen atoms in total. The van der Waals surface area contributed by atoms with Crippen LogP contribution in [-0.2, 0) is 4.74 Å². The van der Waals surface area contributed by atoms with Gasteiger partial charge in [-0.2, -0.15) is 0 Å². The second kappa shape index (κ2) is 9.13. The summed E-state index contributed by atoms with van der Waals surface area (Å²) in [6.45, 7) is 7.64. The van der Waals surface area contributed by atoms with Gasteiger partial charge in [-0.15, -0.1) is 5.10 Å². The summed E-state index contributed by atoms with van der Waals surface area (Å²) in [4.78, 5) is 2.40. The van der Waals surface area contributed by atoms with Gasteiger partial charge in [0.25, 0.3) is 0 Å². The molecule has 0 saturated heterocycles. The number of rotatable bonds is 7. The lowest BCUT2D eigenvalue weighted by molar-refractivity contribution is -0.00000533. The molecule has 0 bridgehead atoms. The van der Waals surface area contributed by atoms with Crippen molar-refractivity contribution in [2.45, 2.75) is 32.9 Å². The molecule has 1 heterocycles. The first-order chi connectivity index (χ1) is 9.72. The normalized spacial score (nSPS) is 17.0. The number of benzene rings is 1. The minimum atomic E-state index is -0.185. The van der Waals surface area contributed by atoms with E-state index in [4.69, 9.17) is 16.3 Å². The molecule has 21 heavy (non-hydrogen) atoms. The quantitative estimate of drug-likeness (QED) is 0.786. The highest BCUT2D eigenvalue weighted by molar-refractivity contribution is 6.30. The first-order valence-corrected chi connectivity index (χ1v) is 7.57. The van der Waals surface area contributed by atoms with Crippen LogP contribution in [0.1, 0.15) is 38.5 Å². The summed E-state index contributed by atoms with van der Waals surface area (Å²) < 4.78 is 5.81. The maximum Gasteiger partial charge on any atom is 0.212 e. The van der Waals surface area contributed by atoms with Gasteiger partial charge in [-0.3, -0.25) is 5.43 Å². The zero-order chi connectivity index (χ0) is 14.4. The molecule has 1 aliphatic rings. The van der Waals surface area contributed by atoms with Crippen molar-refractivity contribution in [1.82, 2.24) is 10.3 Å². The van der Waals surface area contributed by atoms with E-state index in [2.05, 4.69) is 29.3 Å². The standard InChI is InChI=1S/C15H22ClN3O.ClH/c1-3-19(4-2)11-5-6-14-17-18-15(20-14)12-7-9-13(16)10-8-12;/h7-10,15,18H,3-6,11H2,1-2H3;1H/p-1. The molecule has 2 rings (SSSR count). The molecule has 0 fully saturated rings. The molecular weight excluding hydrogens is 309 g/mol. The molecule has 1 N–H and O–H groups in total.